The summed E-state index contributed by atoms with van der Waals surface area (Å²) >= 11 is 0. The van der Waals surface area contributed by atoms with Gasteiger partial charge >= 0.3 is 0 Å². The van der Waals surface area contributed by atoms with E-state index in [1.165, 1.54) is 66.9 Å². The smallest absolute Gasteiger partial charge is 0.194 e. The topological polar surface area (TPSA) is 3.88 Å². The molecular weight excluding hydrogens is 506 g/mol. The van der Waals surface area contributed by atoms with E-state index in [1.54, 1.807) is 0 Å². The maximum atomic E-state index is 2.49. The molecule has 0 amide bonds. The molecule has 0 spiro atoms. The molecule has 0 radical (unpaired) electrons. The van der Waals surface area contributed by atoms with Gasteiger partial charge in [-0.3, -0.25) is 0 Å². The number of aromatic nitrogens is 1. The van der Waals surface area contributed by atoms with Crippen molar-refractivity contribution in [1.29, 1.82) is 0 Å². The Labute approximate surface area is 251 Å². The lowest BCUT2D eigenvalue weighted by atomic mass is 9.74. The number of pyridine rings is 1. The van der Waals surface area contributed by atoms with Crippen molar-refractivity contribution in [1.82, 2.24) is 0 Å². The number of nitrogens with zero attached hydrogens (tertiary/aromatic N) is 1. The molecule has 1 atom stereocenters. The summed E-state index contributed by atoms with van der Waals surface area (Å²) in [7, 11) is 0. The molecule has 4 aromatic rings. The quantitative estimate of drug-likeness (QED) is 0.153. The zero-order chi connectivity index (χ0) is 28.8. The fourth-order valence-electron chi connectivity index (χ4n) is 7.13. The maximum Gasteiger partial charge on any atom is 0.213 e. The number of hydrogen-bond acceptors (Lipinski definition) is 0. The highest BCUT2D eigenvalue weighted by molar-refractivity contribution is 5.90. The maximum absolute atomic E-state index is 2.49. The Bertz CT molecular complexity index is 1800. The van der Waals surface area contributed by atoms with Crippen molar-refractivity contribution >= 4 is 5.57 Å². The first-order valence-electron chi connectivity index (χ1n) is 15.5. The van der Waals surface area contributed by atoms with E-state index in [0.29, 0.717) is 0 Å². The summed E-state index contributed by atoms with van der Waals surface area (Å²) in [6.07, 6.45) is 19.2. The zero-order valence-corrected chi connectivity index (χ0v) is 25.3. The summed E-state index contributed by atoms with van der Waals surface area (Å²) in [5, 5.41) is 0. The van der Waals surface area contributed by atoms with Gasteiger partial charge in [0.15, 0.2) is 12.7 Å². The predicted molar refractivity (Wildman–Crippen MR) is 176 cm³/mol. The van der Waals surface area contributed by atoms with Crippen LogP contribution in [0.15, 0.2) is 121 Å². The van der Waals surface area contributed by atoms with E-state index in [-0.39, 0.29) is 11.3 Å². The van der Waals surface area contributed by atoms with E-state index in [9.17, 15) is 0 Å². The highest BCUT2D eigenvalue weighted by Crippen LogP contribution is 2.46. The van der Waals surface area contributed by atoms with E-state index in [2.05, 4.69) is 148 Å². The molecule has 42 heavy (non-hydrogen) atoms. The summed E-state index contributed by atoms with van der Waals surface area (Å²) in [6, 6.07) is 27.5. The molecule has 1 aliphatic heterocycles. The van der Waals surface area contributed by atoms with Gasteiger partial charge in [0.05, 0.1) is 5.56 Å². The second kappa shape index (κ2) is 10.6. The largest absolute Gasteiger partial charge is 0.213 e. The van der Waals surface area contributed by atoms with E-state index in [4.69, 9.17) is 0 Å². The fourth-order valence-corrected chi connectivity index (χ4v) is 7.13. The summed E-state index contributed by atoms with van der Waals surface area (Å²) in [6.45, 7) is 10.0. The van der Waals surface area contributed by atoms with E-state index >= 15 is 0 Å². The molecule has 1 unspecified atom stereocenters. The van der Waals surface area contributed by atoms with E-state index in [0.717, 1.165) is 25.8 Å². The lowest BCUT2D eigenvalue weighted by molar-refractivity contribution is -0.672. The lowest BCUT2D eigenvalue weighted by Crippen LogP contribution is -2.32. The van der Waals surface area contributed by atoms with Crippen LogP contribution in [0.3, 0.4) is 0 Å². The minimum absolute atomic E-state index is 0.130. The Morgan fingerprint density at radius 2 is 1.67 bits per heavy atom. The van der Waals surface area contributed by atoms with Gasteiger partial charge in [0, 0.05) is 23.6 Å². The van der Waals surface area contributed by atoms with Gasteiger partial charge in [-0.2, -0.15) is 4.57 Å². The Hall–Kier alpha value is -4.23. The van der Waals surface area contributed by atoms with Crippen LogP contribution in [0.2, 0.25) is 0 Å². The molecule has 1 heteroatoms. The van der Waals surface area contributed by atoms with Crippen molar-refractivity contribution in [2.24, 2.45) is 0 Å². The van der Waals surface area contributed by atoms with Crippen LogP contribution in [0, 0.1) is 0 Å². The highest BCUT2D eigenvalue weighted by Gasteiger charge is 2.34. The monoisotopic (exact) mass is 546 g/mol. The second-order valence-electron chi connectivity index (χ2n) is 12.9. The van der Waals surface area contributed by atoms with Gasteiger partial charge in [0.1, 0.15) is 0 Å². The zero-order valence-electron chi connectivity index (χ0n) is 25.3. The van der Waals surface area contributed by atoms with Crippen LogP contribution in [0.5, 0.6) is 0 Å². The van der Waals surface area contributed by atoms with Gasteiger partial charge in [0.25, 0.3) is 0 Å². The van der Waals surface area contributed by atoms with Gasteiger partial charge < -0.3 is 0 Å². The standard InChI is InChI=1S/C41H40N/c1-5-6-7-9-15-29-18-23-36-35(39(29)28-13-10-8-11-14-28)22-20-30-19-21-34(40(30)36)32-16-12-17-33-37(32)27-42-25-24-31(26-38(33)42)41(2,3)4/h6-18,20-22,24-26,39H,5,19,23,27H2,1-4H3/q+1/b7-6-,15-9-. The fraction of sp³-hybridized carbons (Fsp3) is 0.244. The molecule has 0 N–H and O–H groups in total. The number of hydrogen-bond donors (Lipinski definition) is 0. The van der Waals surface area contributed by atoms with Crippen molar-refractivity contribution < 1.29 is 4.57 Å². The number of rotatable bonds is 5. The van der Waals surface area contributed by atoms with Crippen molar-refractivity contribution in [3.63, 3.8) is 0 Å². The van der Waals surface area contributed by atoms with Gasteiger partial charge in [-0.15, -0.1) is 0 Å². The van der Waals surface area contributed by atoms with Crippen LogP contribution >= 0.6 is 0 Å². The first-order chi connectivity index (χ1) is 20.4. The Morgan fingerprint density at radius 1 is 0.833 bits per heavy atom. The van der Waals surface area contributed by atoms with Crippen LogP contribution in [0.4, 0.5) is 0 Å². The van der Waals surface area contributed by atoms with Crippen molar-refractivity contribution in [2.75, 3.05) is 0 Å². The third-order valence-electron chi connectivity index (χ3n) is 9.29. The predicted octanol–water partition coefficient (Wildman–Crippen LogP) is 9.42. The molecule has 0 saturated heterocycles. The molecule has 2 aliphatic carbocycles. The molecular formula is C41H40N+. The van der Waals surface area contributed by atoms with Gasteiger partial charge in [-0.25, -0.2) is 0 Å². The molecule has 0 fully saturated rings. The molecule has 1 nitrogen and oxygen atoms in total. The lowest BCUT2D eigenvalue weighted by Gasteiger charge is -2.29. The van der Waals surface area contributed by atoms with Crippen molar-refractivity contribution in [2.45, 2.75) is 64.8 Å². The Balaban J connectivity index is 1.33. The van der Waals surface area contributed by atoms with Crippen molar-refractivity contribution in [3.05, 3.63) is 166 Å². The van der Waals surface area contributed by atoms with Crippen LogP contribution in [0.25, 0.3) is 16.8 Å². The first kappa shape index (κ1) is 26.7. The van der Waals surface area contributed by atoms with Gasteiger partial charge in [0.2, 0.25) is 5.69 Å². The molecule has 3 aromatic carbocycles. The Kier molecular flexibility index (Phi) is 6.70. The molecule has 0 bridgehead atoms. The van der Waals surface area contributed by atoms with Crippen LogP contribution in [-0.4, -0.2) is 0 Å². The SMILES string of the molecule is CC/C=C\C=C/C1=CCc2c(ccc3c2C(c2cccc4c2C[n+]2ccc(C(C)(C)C)cc2-4)=CC3)C1c1ccccc1. The van der Waals surface area contributed by atoms with Gasteiger partial charge in [-0.1, -0.05) is 119 Å². The number of fused-ring (bicyclic) bond motifs is 6. The Morgan fingerprint density at radius 3 is 2.48 bits per heavy atom. The third kappa shape index (κ3) is 4.52. The van der Waals surface area contributed by atoms with Crippen molar-refractivity contribution in [3.8, 4) is 11.3 Å². The summed E-state index contributed by atoms with van der Waals surface area (Å²) in [5.41, 5.74) is 17.2. The summed E-state index contributed by atoms with van der Waals surface area (Å²) in [5.74, 6) is 0.241. The van der Waals surface area contributed by atoms with E-state index in [1.807, 2.05) is 0 Å². The third-order valence-corrected chi connectivity index (χ3v) is 9.29. The molecule has 7 rings (SSSR count). The summed E-state index contributed by atoms with van der Waals surface area (Å²) in [4.78, 5) is 0. The molecule has 3 aliphatic rings. The van der Waals surface area contributed by atoms with Crippen LogP contribution in [0.1, 0.15) is 84.5 Å². The highest BCUT2D eigenvalue weighted by atomic mass is 15.0. The molecule has 208 valence electrons. The minimum atomic E-state index is 0.130. The van der Waals surface area contributed by atoms with Crippen LogP contribution in [-0.2, 0) is 24.8 Å². The second-order valence-corrected chi connectivity index (χ2v) is 12.9. The average molecular weight is 547 g/mol. The molecule has 0 saturated carbocycles. The normalized spacial score (nSPS) is 17.2. The van der Waals surface area contributed by atoms with Gasteiger partial charge in [-0.05, 0) is 80.8 Å². The number of allylic oxidation sites excluding steroid dienone is 7. The minimum Gasteiger partial charge on any atom is -0.194 e. The molecule has 1 aromatic heterocycles. The van der Waals surface area contributed by atoms with Crippen LogP contribution < -0.4 is 4.57 Å². The molecule has 2 heterocycles. The van der Waals surface area contributed by atoms with E-state index < -0.39 is 0 Å². The number of benzene rings is 3. The average Bonchev–Trinajstić information content (AvgIpc) is 3.60. The summed E-state index contributed by atoms with van der Waals surface area (Å²) < 4.78 is 2.43. The first-order valence-corrected chi connectivity index (χ1v) is 15.5.